The van der Waals surface area contributed by atoms with E-state index in [2.05, 4.69) is 0 Å². The first kappa shape index (κ1) is 12.3. The molecule has 0 spiro atoms. The van der Waals surface area contributed by atoms with Crippen molar-refractivity contribution in [2.75, 3.05) is 0 Å². The lowest BCUT2D eigenvalue weighted by Gasteiger charge is -2.13. The first-order valence-corrected chi connectivity index (χ1v) is 5.85. The van der Waals surface area contributed by atoms with Crippen molar-refractivity contribution in [3.05, 3.63) is 71.3 Å². The predicted molar refractivity (Wildman–Crippen MR) is 71.8 cm³/mol. The number of hydrogen-bond donors (Lipinski definition) is 2. The fourth-order valence-electron chi connectivity index (χ4n) is 1.97. The maximum atomic E-state index is 11.2. The number of carbonyl (C=O) groups is 1. The minimum Gasteiger partial charge on any atom is -0.368 e. The number of hydrogen-bond acceptors (Lipinski definition) is 2. The van der Waals surface area contributed by atoms with Gasteiger partial charge in [0.05, 0.1) is 0 Å². The topological polar surface area (TPSA) is 69.1 Å². The van der Waals surface area contributed by atoms with Gasteiger partial charge in [0.1, 0.15) is 6.04 Å². The van der Waals surface area contributed by atoms with Crippen LogP contribution < -0.4 is 11.5 Å². The monoisotopic (exact) mass is 240 g/mol. The van der Waals surface area contributed by atoms with Gasteiger partial charge < -0.3 is 11.5 Å². The van der Waals surface area contributed by atoms with Crippen LogP contribution in [0, 0.1) is 0 Å². The highest BCUT2D eigenvalue weighted by molar-refractivity contribution is 5.81. The van der Waals surface area contributed by atoms with E-state index in [0.717, 1.165) is 17.5 Å². The molecule has 0 radical (unpaired) electrons. The van der Waals surface area contributed by atoms with Crippen LogP contribution in [0.25, 0.3) is 0 Å². The molecule has 92 valence electrons. The van der Waals surface area contributed by atoms with Gasteiger partial charge in [-0.05, 0) is 23.1 Å². The van der Waals surface area contributed by atoms with Crippen LogP contribution in [0.15, 0.2) is 54.6 Å². The third-order valence-corrected chi connectivity index (χ3v) is 2.93. The summed E-state index contributed by atoms with van der Waals surface area (Å²) in [4.78, 5) is 11.2. The van der Waals surface area contributed by atoms with Gasteiger partial charge in [0.2, 0.25) is 5.91 Å². The second-order valence-corrected chi connectivity index (χ2v) is 4.24. The lowest BCUT2D eigenvalue weighted by Crippen LogP contribution is -2.29. The first-order chi connectivity index (χ1) is 8.68. The Morgan fingerprint density at radius 2 is 1.61 bits per heavy atom. The van der Waals surface area contributed by atoms with Crippen LogP contribution in [0.2, 0.25) is 0 Å². The van der Waals surface area contributed by atoms with Crippen molar-refractivity contribution in [3.63, 3.8) is 0 Å². The van der Waals surface area contributed by atoms with Crippen LogP contribution in [-0.2, 0) is 11.2 Å². The Hall–Kier alpha value is -2.13. The summed E-state index contributed by atoms with van der Waals surface area (Å²) >= 11 is 0. The van der Waals surface area contributed by atoms with E-state index >= 15 is 0 Å². The molecule has 18 heavy (non-hydrogen) atoms. The summed E-state index contributed by atoms with van der Waals surface area (Å²) in [7, 11) is 0. The van der Waals surface area contributed by atoms with Crippen molar-refractivity contribution in [2.24, 2.45) is 11.5 Å². The van der Waals surface area contributed by atoms with E-state index in [1.807, 2.05) is 54.6 Å². The molecular formula is C15H16N2O. The van der Waals surface area contributed by atoms with E-state index in [0.29, 0.717) is 0 Å². The number of primary amides is 1. The van der Waals surface area contributed by atoms with Gasteiger partial charge in [-0.2, -0.15) is 0 Å². The average Bonchev–Trinajstić information content (AvgIpc) is 2.39. The largest absolute Gasteiger partial charge is 0.368 e. The zero-order valence-corrected chi connectivity index (χ0v) is 10.0. The maximum Gasteiger partial charge on any atom is 0.238 e. The van der Waals surface area contributed by atoms with E-state index < -0.39 is 11.9 Å². The average molecular weight is 240 g/mol. The van der Waals surface area contributed by atoms with Crippen LogP contribution >= 0.6 is 0 Å². The molecular weight excluding hydrogens is 224 g/mol. The molecule has 2 aromatic carbocycles. The van der Waals surface area contributed by atoms with Crippen molar-refractivity contribution in [3.8, 4) is 0 Å². The van der Waals surface area contributed by atoms with E-state index in [9.17, 15) is 4.79 Å². The summed E-state index contributed by atoms with van der Waals surface area (Å²) < 4.78 is 0. The third kappa shape index (κ3) is 2.76. The summed E-state index contributed by atoms with van der Waals surface area (Å²) in [6.07, 6.45) is 0.748. The number of rotatable bonds is 4. The Morgan fingerprint density at radius 1 is 1.00 bits per heavy atom. The van der Waals surface area contributed by atoms with Gasteiger partial charge >= 0.3 is 0 Å². The molecule has 2 aromatic rings. The highest BCUT2D eigenvalue weighted by Crippen LogP contribution is 2.19. The quantitative estimate of drug-likeness (QED) is 0.855. The van der Waals surface area contributed by atoms with Crippen LogP contribution in [-0.4, -0.2) is 5.91 Å². The van der Waals surface area contributed by atoms with Gasteiger partial charge in [0.15, 0.2) is 0 Å². The standard InChI is InChI=1S/C15H16N2O/c16-14(15(17)18)13-9-5-4-8-12(13)10-11-6-2-1-3-7-11/h1-9,14H,10,16H2,(H2,17,18)/t14-/m0/s1. The molecule has 0 aromatic heterocycles. The minimum absolute atomic E-state index is 0.504. The summed E-state index contributed by atoms with van der Waals surface area (Å²) in [5.41, 5.74) is 14.1. The van der Waals surface area contributed by atoms with Crippen LogP contribution in [0.1, 0.15) is 22.7 Å². The molecule has 0 saturated heterocycles. The number of nitrogens with two attached hydrogens (primary N) is 2. The Balaban J connectivity index is 2.31. The molecule has 0 saturated carbocycles. The molecule has 1 atom stereocenters. The zero-order valence-electron chi connectivity index (χ0n) is 10.0. The Labute approximate surface area is 106 Å². The van der Waals surface area contributed by atoms with Crippen LogP contribution in [0.4, 0.5) is 0 Å². The molecule has 1 amide bonds. The van der Waals surface area contributed by atoms with E-state index in [1.165, 1.54) is 5.56 Å². The molecule has 0 bridgehead atoms. The van der Waals surface area contributed by atoms with Gasteiger partial charge in [-0.1, -0.05) is 54.6 Å². The molecule has 3 nitrogen and oxygen atoms in total. The summed E-state index contributed by atoms with van der Waals surface area (Å²) in [5.74, 6) is -0.504. The first-order valence-electron chi connectivity index (χ1n) is 5.85. The fraction of sp³-hybridized carbons (Fsp3) is 0.133. The van der Waals surface area contributed by atoms with Crippen LogP contribution in [0.3, 0.4) is 0 Å². The molecule has 0 aliphatic rings. The molecule has 0 unspecified atom stereocenters. The maximum absolute atomic E-state index is 11.2. The van der Waals surface area contributed by atoms with Crippen molar-refractivity contribution in [1.82, 2.24) is 0 Å². The molecule has 2 rings (SSSR count). The van der Waals surface area contributed by atoms with Crippen molar-refractivity contribution in [1.29, 1.82) is 0 Å². The third-order valence-electron chi connectivity index (χ3n) is 2.93. The van der Waals surface area contributed by atoms with Gasteiger partial charge in [-0.3, -0.25) is 4.79 Å². The molecule has 0 aliphatic carbocycles. The summed E-state index contributed by atoms with van der Waals surface area (Å²) in [5, 5.41) is 0. The molecule has 4 N–H and O–H groups in total. The van der Waals surface area contributed by atoms with E-state index in [-0.39, 0.29) is 0 Å². The second-order valence-electron chi connectivity index (χ2n) is 4.24. The number of carbonyl (C=O) groups excluding carboxylic acids is 1. The van der Waals surface area contributed by atoms with Gasteiger partial charge in [0, 0.05) is 0 Å². The van der Waals surface area contributed by atoms with Crippen LogP contribution in [0.5, 0.6) is 0 Å². The number of benzene rings is 2. The predicted octanol–water partition coefficient (Wildman–Crippen LogP) is 1.76. The van der Waals surface area contributed by atoms with Crippen molar-refractivity contribution in [2.45, 2.75) is 12.5 Å². The Kier molecular flexibility index (Phi) is 3.75. The zero-order chi connectivity index (χ0) is 13.0. The van der Waals surface area contributed by atoms with Gasteiger partial charge in [0.25, 0.3) is 0 Å². The Bertz CT molecular complexity index is 537. The fourth-order valence-corrected chi connectivity index (χ4v) is 1.97. The smallest absolute Gasteiger partial charge is 0.238 e. The SMILES string of the molecule is NC(=O)[C@@H](N)c1ccccc1Cc1ccccc1. The molecule has 0 heterocycles. The lowest BCUT2D eigenvalue weighted by atomic mass is 9.95. The highest BCUT2D eigenvalue weighted by Gasteiger charge is 2.15. The summed E-state index contributed by atoms with van der Waals surface area (Å²) in [6.45, 7) is 0. The molecule has 0 fully saturated rings. The van der Waals surface area contributed by atoms with Gasteiger partial charge in [-0.15, -0.1) is 0 Å². The second kappa shape index (κ2) is 5.47. The van der Waals surface area contributed by atoms with Crippen molar-refractivity contribution >= 4 is 5.91 Å². The van der Waals surface area contributed by atoms with Crippen molar-refractivity contribution < 1.29 is 4.79 Å². The van der Waals surface area contributed by atoms with E-state index in [1.54, 1.807) is 0 Å². The highest BCUT2D eigenvalue weighted by atomic mass is 16.1. The summed E-state index contributed by atoms with van der Waals surface area (Å²) in [6, 6.07) is 17.0. The normalized spacial score (nSPS) is 12.1. The number of amides is 1. The van der Waals surface area contributed by atoms with E-state index in [4.69, 9.17) is 11.5 Å². The molecule has 0 aliphatic heterocycles. The van der Waals surface area contributed by atoms with Gasteiger partial charge in [-0.25, -0.2) is 0 Å². The minimum atomic E-state index is -0.745. The lowest BCUT2D eigenvalue weighted by molar-refractivity contribution is -0.119. The molecule has 3 heteroatoms. The Morgan fingerprint density at radius 3 is 2.28 bits per heavy atom.